The summed E-state index contributed by atoms with van der Waals surface area (Å²) in [6.07, 6.45) is 0. The Hall–Kier alpha value is -6.12. The van der Waals surface area contributed by atoms with Crippen molar-refractivity contribution in [1.29, 1.82) is 0 Å². The van der Waals surface area contributed by atoms with E-state index in [1.54, 1.807) is 0 Å². The van der Waals surface area contributed by atoms with Crippen LogP contribution in [0.4, 0.5) is 17.1 Å². The molecule has 0 atom stereocenters. The molecule has 8 aromatic carbocycles. The predicted molar refractivity (Wildman–Crippen MR) is 194 cm³/mol. The van der Waals surface area contributed by atoms with Gasteiger partial charge in [-0.2, -0.15) is 0 Å². The molecule has 0 unspecified atom stereocenters. The lowest BCUT2D eigenvalue weighted by atomic mass is 9.97. The van der Waals surface area contributed by atoms with Crippen LogP contribution in [0.3, 0.4) is 0 Å². The Morgan fingerprint density at radius 1 is 0.370 bits per heavy atom. The van der Waals surface area contributed by atoms with Gasteiger partial charge in [0.15, 0.2) is 0 Å². The lowest BCUT2D eigenvalue weighted by molar-refractivity contribution is 0.669. The van der Waals surface area contributed by atoms with Crippen LogP contribution in [0.15, 0.2) is 180 Å². The first-order valence-electron chi connectivity index (χ1n) is 15.7. The molecule has 1 heterocycles. The van der Waals surface area contributed by atoms with E-state index in [0.29, 0.717) is 0 Å². The molecule has 1 aromatic heterocycles. The highest BCUT2D eigenvalue weighted by atomic mass is 16.3. The molecule has 0 radical (unpaired) electrons. The second-order valence-corrected chi connectivity index (χ2v) is 11.7. The Morgan fingerprint density at radius 2 is 1.04 bits per heavy atom. The minimum absolute atomic E-state index is 0.914. The van der Waals surface area contributed by atoms with Gasteiger partial charge in [-0.15, -0.1) is 0 Å². The predicted octanol–water partition coefficient (Wildman–Crippen LogP) is 12.7. The Balaban J connectivity index is 1.23. The molecular weight excluding hydrogens is 558 g/mol. The van der Waals surface area contributed by atoms with Crippen LogP contribution < -0.4 is 4.90 Å². The van der Waals surface area contributed by atoms with Crippen LogP contribution in [0.25, 0.3) is 65.7 Å². The zero-order valence-electron chi connectivity index (χ0n) is 25.1. The molecular formula is C44H29NO. The van der Waals surface area contributed by atoms with Crippen LogP contribution in [0.2, 0.25) is 0 Å². The first-order valence-corrected chi connectivity index (χ1v) is 15.7. The van der Waals surface area contributed by atoms with Crippen molar-refractivity contribution in [3.8, 4) is 22.3 Å². The maximum atomic E-state index is 6.21. The van der Waals surface area contributed by atoms with Crippen molar-refractivity contribution >= 4 is 60.5 Å². The fourth-order valence-electron chi connectivity index (χ4n) is 6.90. The van der Waals surface area contributed by atoms with Crippen molar-refractivity contribution in [2.75, 3.05) is 4.90 Å². The van der Waals surface area contributed by atoms with Gasteiger partial charge in [-0.25, -0.2) is 0 Å². The molecule has 0 aliphatic carbocycles. The van der Waals surface area contributed by atoms with Gasteiger partial charge in [-0.05, 0) is 80.7 Å². The standard InChI is InChI=1S/C44H29NO/c1-2-11-31(12-3-1)38-16-6-8-19-41(38)45(34-24-21-32(22-25-34)37-18-10-14-30-13-4-5-15-36(30)37)35-26-27-39-33(29-35)23-28-43-44(39)40-17-7-9-20-42(40)46-43/h1-29H. The van der Waals surface area contributed by atoms with Crippen LogP contribution >= 0.6 is 0 Å². The van der Waals surface area contributed by atoms with Gasteiger partial charge in [0.2, 0.25) is 0 Å². The monoisotopic (exact) mass is 587 g/mol. The molecule has 0 amide bonds. The Morgan fingerprint density at radius 3 is 1.93 bits per heavy atom. The van der Waals surface area contributed by atoms with Gasteiger partial charge in [-0.3, -0.25) is 0 Å². The molecule has 0 aliphatic heterocycles. The number of anilines is 3. The van der Waals surface area contributed by atoms with Crippen molar-refractivity contribution in [1.82, 2.24) is 0 Å². The van der Waals surface area contributed by atoms with Gasteiger partial charge in [0, 0.05) is 27.7 Å². The average molecular weight is 588 g/mol. The first-order chi connectivity index (χ1) is 22.8. The van der Waals surface area contributed by atoms with E-state index in [1.165, 1.54) is 43.8 Å². The number of para-hydroxylation sites is 2. The van der Waals surface area contributed by atoms with Crippen molar-refractivity contribution in [2.24, 2.45) is 0 Å². The minimum atomic E-state index is 0.914. The highest BCUT2D eigenvalue weighted by molar-refractivity contribution is 6.19. The molecule has 2 nitrogen and oxygen atoms in total. The maximum Gasteiger partial charge on any atom is 0.136 e. The van der Waals surface area contributed by atoms with Crippen LogP contribution in [-0.2, 0) is 0 Å². The summed E-state index contributed by atoms with van der Waals surface area (Å²) in [6, 6.07) is 62.8. The lowest BCUT2D eigenvalue weighted by Crippen LogP contribution is -2.11. The molecule has 0 saturated carbocycles. The lowest BCUT2D eigenvalue weighted by Gasteiger charge is -2.28. The van der Waals surface area contributed by atoms with E-state index < -0.39 is 0 Å². The number of hydrogen-bond acceptors (Lipinski definition) is 2. The Bertz CT molecular complexity index is 2520. The first kappa shape index (κ1) is 26.3. The second-order valence-electron chi connectivity index (χ2n) is 11.7. The largest absolute Gasteiger partial charge is 0.456 e. The molecule has 0 fully saturated rings. The quantitative estimate of drug-likeness (QED) is 0.199. The molecule has 0 spiro atoms. The average Bonchev–Trinajstić information content (AvgIpc) is 3.52. The van der Waals surface area contributed by atoms with Crippen molar-refractivity contribution in [3.05, 3.63) is 176 Å². The number of hydrogen-bond donors (Lipinski definition) is 0. The molecule has 216 valence electrons. The summed E-state index contributed by atoms with van der Waals surface area (Å²) >= 11 is 0. The highest BCUT2D eigenvalue weighted by Crippen LogP contribution is 2.43. The summed E-state index contributed by atoms with van der Waals surface area (Å²) in [5.74, 6) is 0. The van der Waals surface area contributed by atoms with Crippen molar-refractivity contribution in [3.63, 3.8) is 0 Å². The van der Waals surface area contributed by atoms with Crippen LogP contribution in [0.1, 0.15) is 0 Å². The zero-order chi connectivity index (χ0) is 30.5. The SMILES string of the molecule is c1ccc(-c2ccccc2N(c2ccc(-c3cccc4ccccc34)cc2)c2ccc3c(ccc4oc5ccccc5c43)c2)cc1. The number of rotatable bonds is 5. The van der Waals surface area contributed by atoms with Gasteiger partial charge in [0.1, 0.15) is 11.2 Å². The fraction of sp³-hybridized carbons (Fsp3) is 0. The van der Waals surface area contributed by atoms with Crippen LogP contribution in [-0.4, -0.2) is 0 Å². The molecule has 0 N–H and O–H groups in total. The second kappa shape index (κ2) is 10.8. The van der Waals surface area contributed by atoms with E-state index >= 15 is 0 Å². The van der Waals surface area contributed by atoms with E-state index in [1.807, 2.05) is 12.1 Å². The molecule has 9 aromatic rings. The summed E-state index contributed by atoms with van der Waals surface area (Å²) in [5.41, 5.74) is 9.95. The van der Waals surface area contributed by atoms with E-state index in [2.05, 4.69) is 169 Å². The summed E-state index contributed by atoms with van der Waals surface area (Å²) in [6.45, 7) is 0. The summed E-state index contributed by atoms with van der Waals surface area (Å²) in [7, 11) is 0. The van der Waals surface area contributed by atoms with Crippen LogP contribution in [0, 0.1) is 0 Å². The smallest absolute Gasteiger partial charge is 0.136 e. The highest BCUT2D eigenvalue weighted by Gasteiger charge is 2.19. The summed E-state index contributed by atoms with van der Waals surface area (Å²) in [5, 5.41) is 7.18. The third kappa shape index (κ3) is 4.35. The van der Waals surface area contributed by atoms with E-state index in [0.717, 1.165) is 39.0 Å². The van der Waals surface area contributed by atoms with Crippen molar-refractivity contribution < 1.29 is 4.42 Å². The van der Waals surface area contributed by atoms with Crippen LogP contribution in [0.5, 0.6) is 0 Å². The van der Waals surface area contributed by atoms with E-state index in [9.17, 15) is 0 Å². The Labute approximate surface area is 267 Å². The van der Waals surface area contributed by atoms with Crippen molar-refractivity contribution in [2.45, 2.75) is 0 Å². The maximum absolute atomic E-state index is 6.21. The zero-order valence-corrected chi connectivity index (χ0v) is 25.1. The summed E-state index contributed by atoms with van der Waals surface area (Å²) in [4.78, 5) is 2.38. The normalized spacial score (nSPS) is 11.5. The van der Waals surface area contributed by atoms with Gasteiger partial charge >= 0.3 is 0 Å². The molecule has 0 bridgehead atoms. The molecule has 0 saturated heterocycles. The Kier molecular flexibility index (Phi) is 6.17. The van der Waals surface area contributed by atoms with Gasteiger partial charge in [-0.1, -0.05) is 133 Å². The van der Waals surface area contributed by atoms with E-state index in [-0.39, 0.29) is 0 Å². The summed E-state index contributed by atoms with van der Waals surface area (Å²) < 4.78 is 6.21. The third-order valence-corrected chi connectivity index (χ3v) is 9.06. The molecule has 46 heavy (non-hydrogen) atoms. The number of nitrogens with zero attached hydrogens (tertiary/aromatic N) is 1. The molecule has 9 rings (SSSR count). The van der Waals surface area contributed by atoms with Gasteiger partial charge in [0.05, 0.1) is 5.69 Å². The number of furan rings is 1. The topological polar surface area (TPSA) is 16.4 Å². The number of fused-ring (bicyclic) bond motifs is 6. The molecule has 2 heteroatoms. The third-order valence-electron chi connectivity index (χ3n) is 9.06. The van der Waals surface area contributed by atoms with Gasteiger partial charge in [0.25, 0.3) is 0 Å². The molecule has 0 aliphatic rings. The van der Waals surface area contributed by atoms with Gasteiger partial charge < -0.3 is 9.32 Å². The van der Waals surface area contributed by atoms with E-state index in [4.69, 9.17) is 4.42 Å². The number of benzene rings is 8. The fourth-order valence-corrected chi connectivity index (χ4v) is 6.90. The minimum Gasteiger partial charge on any atom is -0.456 e.